The van der Waals surface area contributed by atoms with Crippen LogP contribution in [0.5, 0.6) is 0 Å². The maximum atomic E-state index is 13.7. The molecule has 2 aromatic carbocycles. The van der Waals surface area contributed by atoms with Crippen LogP contribution in [0.4, 0.5) is 0 Å². The normalized spacial score (nSPS) is 16.0. The van der Waals surface area contributed by atoms with E-state index in [0.717, 1.165) is 49.9 Å². The molecule has 0 aliphatic heterocycles. The predicted octanol–water partition coefficient (Wildman–Crippen LogP) is 7.31. The van der Waals surface area contributed by atoms with Gasteiger partial charge in [-0.05, 0) is 54.9 Å². The molecular formula is C34H41N3O2. The molecule has 0 saturated heterocycles. The van der Waals surface area contributed by atoms with Gasteiger partial charge in [0.15, 0.2) is 0 Å². The Balaban J connectivity index is 1.26. The van der Waals surface area contributed by atoms with E-state index in [1.807, 2.05) is 48.7 Å². The van der Waals surface area contributed by atoms with E-state index in [1.54, 1.807) is 0 Å². The molecule has 1 fully saturated rings. The van der Waals surface area contributed by atoms with Crippen LogP contribution in [0.2, 0.25) is 0 Å². The van der Waals surface area contributed by atoms with Gasteiger partial charge in [0.1, 0.15) is 5.65 Å². The van der Waals surface area contributed by atoms with E-state index in [2.05, 4.69) is 46.4 Å². The first kappa shape index (κ1) is 27.1. The second-order valence-corrected chi connectivity index (χ2v) is 11.0. The Morgan fingerprint density at radius 3 is 2.36 bits per heavy atom. The first-order chi connectivity index (χ1) is 19.2. The number of nitrogens with zero attached hydrogens (tertiary/aromatic N) is 2. The monoisotopic (exact) mass is 523 g/mol. The molecule has 0 spiro atoms. The number of aliphatic hydroxyl groups excluding tert-OH is 1. The minimum Gasteiger partial charge on any atom is -0.394 e. The molecule has 1 amide bonds. The van der Waals surface area contributed by atoms with Crippen molar-refractivity contribution in [2.24, 2.45) is 11.8 Å². The lowest BCUT2D eigenvalue weighted by atomic mass is 9.82. The van der Waals surface area contributed by atoms with Crippen LogP contribution in [0.25, 0.3) is 22.2 Å². The molecule has 0 bridgehead atoms. The van der Waals surface area contributed by atoms with Crippen LogP contribution < -0.4 is 5.32 Å². The van der Waals surface area contributed by atoms with Gasteiger partial charge in [-0.3, -0.25) is 4.79 Å². The number of unbranched alkanes of at least 4 members (excludes halogenated alkanes) is 1. The maximum Gasteiger partial charge on any atom is 0.223 e. The molecule has 5 rings (SSSR count). The summed E-state index contributed by atoms with van der Waals surface area (Å²) in [7, 11) is 0. The summed E-state index contributed by atoms with van der Waals surface area (Å²) in [4.78, 5) is 18.4. The van der Waals surface area contributed by atoms with Crippen LogP contribution in [-0.2, 0) is 11.3 Å². The molecule has 2 aromatic heterocycles. The standard InChI is InChI=1S/C34H41N3O2/c38-25-32(28-18-9-4-10-19-28)36-34(39)29(26-14-5-1-2-6-15-26)20-11-12-23-37-24-31(27-16-7-3-8-17-27)30-21-13-22-35-33(30)37/h3-4,7-10,13,16-19,21-22,24,26,29,32,38H,1-2,5-6,11-12,14-15,20,23,25H2,(H,36,39). The van der Waals surface area contributed by atoms with Crippen LogP contribution in [0.3, 0.4) is 0 Å². The van der Waals surface area contributed by atoms with E-state index < -0.39 is 0 Å². The average Bonchev–Trinajstić information content (AvgIpc) is 3.14. The van der Waals surface area contributed by atoms with Crippen LogP contribution >= 0.6 is 0 Å². The molecule has 1 aliphatic rings. The lowest BCUT2D eigenvalue weighted by molar-refractivity contribution is -0.128. The third-order valence-electron chi connectivity index (χ3n) is 8.39. The van der Waals surface area contributed by atoms with Crippen molar-refractivity contribution >= 4 is 16.9 Å². The van der Waals surface area contributed by atoms with Gasteiger partial charge in [0, 0.05) is 35.8 Å². The van der Waals surface area contributed by atoms with Gasteiger partial charge in [-0.15, -0.1) is 0 Å². The van der Waals surface area contributed by atoms with E-state index in [-0.39, 0.29) is 24.5 Å². The minimum absolute atomic E-state index is 0.0136. The first-order valence-electron chi connectivity index (χ1n) is 14.7. The van der Waals surface area contributed by atoms with Gasteiger partial charge >= 0.3 is 0 Å². The average molecular weight is 524 g/mol. The van der Waals surface area contributed by atoms with Gasteiger partial charge < -0.3 is 15.0 Å². The molecule has 2 unspecified atom stereocenters. The number of hydrogen-bond donors (Lipinski definition) is 2. The topological polar surface area (TPSA) is 67.2 Å². The summed E-state index contributed by atoms with van der Waals surface area (Å²) in [6, 6.07) is 24.1. The van der Waals surface area contributed by atoms with Gasteiger partial charge in [-0.1, -0.05) is 92.8 Å². The molecule has 4 aromatic rings. The Labute approximate surface area is 232 Å². The van der Waals surface area contributed by atoms with Crippen LogP contribution in [-0.4, -0.2) is 27.2 Å². The molecule has 5 nitrogen and oxygen atoms in total. The molecule has 0 radical (unpaired) electrons. The molecule has 2 atom stereocenters. The number of nitrogens with one attached hydrogen (secondary N) is 1. The smallest absolute Gasteiger partial charge is 0.223 e. The summed E-state index contributed by atoms with van der Waals surface area (Å²) >= 11 is 0. The van der Waals surface area contributed by atoms with E-state index in [4.69, 9.17) is 4.98 Å². The van der Waals surface area contributed by atoms with Crippen molar-refractivity contribution in [1.82, 2.24) is 14.9 Å². The highest BCUT2D eigenvalue weighted by atomic mass is 16.3. The lowest BCUT2D eigenvalue weighted by Crippen LogP contribution is -2.38. The molecule has 5 heteroatoms. The summed E-state index contributed by atoms with van der Waals surface area (Å²) in [5, 5.41) is 14.4. The number of pyridine rings is 1. The Morgan fingerprint density at radius 1 is 0.923 bits per heavy atom. The fourth-order valence-corrected chi connectivity index (χ4v) is 6.28. The van der Waals surface area contributed by atoms with Gasteiger partial charge in [0.05, 0.1) is 12.6 Å². The zero-order chi connectivity index (χ0) is 26.9. The van der Waals surface area contributed by atoms with Crippen LogP contribution in [0.1, 0.15) is 69.4 Å². The number of carbonyl (C=O) groups excluding carboxylic acids is 1. The van der Waals surface area contributed by atoms with E-state index in [1.165, 1.54) is 42.2 Å². The van der Waals surface area contributed by atoms with Crippen LogP contribution in [0, 0.1) is 11.8 Å². The van der Waals surface area contributed by atoms with E-state index >= 15 is 0 Å². The van der Waals surface area contributed by atoms with Crippen molar-refractivity contribution in [3.8, 4) is 11.1 Å². The fraction of sp³-hybridized carbons (Fsp3) is 0.412. The second kappa shape index (κ2) is 13.6. The minimum atomic E-state index is -0.360. The maximum absolute atomic E-state index is 13.7. The van der Waals surface area contributed by atoms with Crippen molar-refractivity contribution in [2.45, 2.75) is 70.4 Å². The molecule has 1 aliphatic carbocycles. The Hall–Kier alpha value is -3.44. The lowest BCUT2D eigenvalue weighted by Gasteiger charge is -2.28. The molecule has 1 saturated carbocycles. The van der Waals surface area contributed by atoms with Crippen molar-refractivity contribution in [3.63, 3.8) is 0 Å². The van der Waals surface area contributed by atoms with Crippen molar-refractivity contribution in [3.05, 3.63) is 90.8 Å². The Bertz CT molecular complexity index is 1310. The molecular weight excluding hydrogens is 482 g/mol. The third kappa shape index (κ3) is 6.77. The zero-order valence-corrected chi connectivity index (χ0v) is 22.8. The molecule has 204 valence electrons. The number of rotatable bonds is 11. The quantitative estimate of drug-likeness (QED) is 0.160. The van der Waals surface area contributed by atoms with Gasteiger partial charge in [-0.25, -0.2) is 4.98 Å². The highest BCUT2D eigenvalue weighted by molar-refractivity contribution is 5.94. The summed E-state index contributed by atoms with van der Waals surface area (Å²) in [5.41, 5.74) is 4.39. The number of hydrogen-bond acceptors (Lipinski definition) is 3. The number of amides is 1. The predicted molar refractivity (Wildman–Crippen MR) is 158 cm³/mol. The SMILES string of the molecule is O=C(NC(CO)c1ccccc1)C(CCCCn1cc(-c2ccccc2)c2cccnc21)C1CCCCCC1. The highest BCUT2D eigenvalue weighted by Crippen LogP contribution is 2.33. The number of carbonyl (C=O) groups is 1. The van der Waals surface area contributed by atoms with Crippen molar-refractivity contribution in [2.75, 3.05) is 6.61 Å². The van der Waals surface area contributed by atoms with E-state index in [0.29, 0.717) is 5.92 Å². The fourth-order valence-electron chi connectivity index (χ4n) is 6.28. The van der Waals surface area contributed by atoms with Gasteiger partial charge in [0.2, 0.25) is 5.91 Å². The van der Waals surface area contributed by atoms with Gasteiger partial charge in [0.25, 0.3) is 0 Å². The summed E-state index contributed by atoms with van der Waals surface area (Å²) in [5.74, 6) is 0.505. The number of benzene rings is 2. The first-order valence-corrected chi connectivity index (χ1v) is 14.7. The largest absolute Gasteiger partial charge is 0.394 e. The van der Waals surface area contributed by atoms with Crippen LogP contribution in [0.15, 0.2) is 85.2 Å². The van der Waals surface area contributed by atoms with E-state index in [9.17, 15) is 9.90 Å². The Kier molecular flexibility index (Phi) is 9.44. The third-order valence-corrected chi connectivity index (χ3v) is 8.39. The summed E-state index contributed by atoms with van der Waals surface area (Å²) in [6.07, 6.45) is 14.2. The summed E-state index contributed by atoms with van der Waals surface area (Å²) in [6.45, 7) is 0.785. The highest BCUT2D eigenvalue weighted by Gasteiger charge is 2.30. The molecule has 2 heterocycles. The number of aliphatic hydroxyl groups is 1. The molecule has 39 heavy (non-hydrogen) atoms. The second-order valence-electron chi connectivity index (χ2n) is 11.0. The number of aryl methyl sites for hydroxylation is 1. The Morgan fingerprint density at radius 2 is 1.64 bits per heavy atom. The van der Waals surface area contributed by atoms with Gasteiger partial charge in [-0.2, -0.15) is 0 Å². The summed E-state index contributed by atoms with van der Waals surface area (Å²) < 4.78 is 2.27. The van der Waals surface area contributed by atoms with Crippen molar-refractivity contribution < 1.29 is 9.90 Å². The number of aromatic nitrogens is 2. The van der Waals surface area contributed by atoms with Crippen molar-refractivity contribution in [1.29, 1.82) is 0 Å². The zero-order valence-electron chi connectivity index (χ0n) is 22.8. The molecule has 2 N–H and O–H groups in total. The number of fused-ring (bicyclic) bond motifs is 1.